The molecule has 0 bridgehead atoms. The van der Waals surface area contributed by atoms with Gasteiger partial charge in [-0.3, -0.25) is 4.79 Å². The van der Waals surface area contributed by atoms with Crippen LogP contribution < -0.4 is 0 Å². The zero-order chi connectivity index (χ0) is 17.0. The second-order valence-corrected chi connectivity index (χ2v) is 7.64. The first-order valence-electron chi connectivity index (χ1n) is 8.23. The highest BCUT2D eigenvalue weighted by molar-refractivity contribution is 5.79. The molecule has 0 amide bonds. The molecular formula is C18H32O4. The summed E-state index contributed by atoms with van der Waals surface area (Å²) in [6.45, 7) is 12.4. The first-order chi connectivity index (χ1) is 10.0. The van der Waals surface area contributed by atoms with Crippen molar-refractivity contribution >= 4 is 5.97 Å². The Morgan fingerprint density at radius 2 is 1.95 bits per heavy atom. The largest absolute Gasteiger partial charge is 0.465 e. The first-order valence-corrected chi connectivity index (χ1v) is 8.23. The summed E-state index contributed by atoms with van der Waals surface area (Å²) in [5.74, 6) is -0.288. The molecule has 0 saturated heterocycles. The monoisotopic (exact) mass is 312 g/mol. The molecule has 1 atom stereocenters. The van der Waals surface area contributed by atoms with Gasteiger partial charge in [-0.05, 0) is 67.2 Å². The first kappa shape index (κ1) is 19.2. The van der Waals surface area contributed by atoms with E-state index in [9.17, 15) is 9.90 Å². The molecule has 0 spiro atoms. The third kappa shape index (κ3) is 4.82. The van der Waals surface area contributed by atoms with Crippen LogP contribution in [0.15, 0.2) is 11.6 Å². The van der Waals surface area contributed by atoms with Gasteiger partial charge in [0.2, 0.25) is 0 Å². The number of aliphatic hydroxyl groups is 1. The standard InChI is InChI=1S/C18H32O4/c1-7-21-15(19)18(17(5,6)20)11-8-14(9-12-18)10-13-22-16(2,3)4/h8,20H,7,9-13H2,1-6H3. The van der Waals surface area contributed by atoms with Gasteiger partial charge in [0, 0.05) is 0 Å². The average molecular weight is 312 g/mol. The van der Waals surface area contributed by atoms with E-state index in [0.717, 1.165) is 12.8 Å². The smallest absolute Gasteiger partial charge is 0.315 e. The lowest BCUT2D eigenvalue weighted by molar-refractivity contribution is -0.173. The van der Waals surface area contributed by atoms with Crippen molar-refractivity contribution in [3.8, 4) is 0 Å². The molecule has 1 aliphatic carbocycles. The molecule has 22 heavy (non-hydrogen) atoms. The third-order valence-corrected chi connectivity index (χ3v) is 4.41. The summed E-state index contributed by atoms with van der Waals surface area (Å²) in [4.78, 5) is 12.4. The van der Waals surface area contributed by atoms with Crippen molar-refractivity contribution < 1.29 is 19.4 Å². The maximum absolute atomic E-state index is 12.4. The molecule has 0 saturated carbocycles. The Labute approximate surface area is 134 Å². The van der Waals surface area contributed by atoms with Crippen molar-refractivity contribution in [3.05, 3.63) is 11.6 Å². The van der Waals surface area contributed by atoms with Crippen LogP contribution in [-0.4, -0.2) is 35.5 Å². The van der Waals surface area contributed by atoms with Crippen LogP contribution >= 0.6 is 0 Å². The fourth-order valence-corrected chi connectivity index (χ4v) is 2.87. The predicted octanol–water partition coefficient (Wildman–Crippen LogP) is 3.62. The van der Waals surface area contributed by atoms with Crippen molar-refractivity contribution in [1.29, 1.82) is 0 Å². The molecule has 0 heterocycles. The van der Waals surface area contributed by atoms with Crippen LogP contribution in [-0.2, 0) is 14.3 Å². The summed E-state index contributed by atoms with van der Waals surface area (Å²) < 4.78 is 11.0. The average Bonchev–Trinajstić information content (AvgIpc) is 2.37. The van der Waals surface area contributed by atoms with E-state index < -0.39 is 11.0 Å². The molecule has 128 valence electrons. The van der Waals surface area contributed by atoms with Crippen molar-refractivity contribution in [2.75, 3.05) is 13.2 Å². The van der Waals surface area contributed by atoms with E-state index in [1.54, 1.807) is 20.8 Å². The highest BCUT2D eigenvalue weighted by Gasteiger charge is 2.51. The lowest BCUT2D eigenvalue weighted by Gasteiger charge is -2.43. The molecule has 1 N–H and O–H groups in total. The molecule has 1 unspecified atom stereocenters. The summed E-state index contributed by atoms with van der Waals surface area (Å²) >= 11 is 0. The molecule has 0 aromatic heterocycles. The van der Waals surface area contributed by atoms with Crippen LogP contribution in [0, 0.1) is 5.41 Å². The number of ether oxygens (including phenoxy) is 2. The van der Waals surface area contributed by atoms with Crippen LogP contribution in [0.3, 0.4) is 0 Å². The van der Waals surface area contributed by atoms with Crippen LogP contribution in [0.5, 0.6) is 0 Å². The van der Waals surface area contributed by atoms with Crippen molar-refractivity contribution in [2.24, 2.45) is 5.41 Å². The lowest BCUT2D eigenvalue weighted by Crippen LogP contribution is -2.51. The van der Waals surface area contributed by atoms with Gasteiger partial charge in [-0.25, -0.2) is 0 Å². The zero-order valence-corrected chi connectivity index (χ0v) is 15.0. The fraction of sp³-hybridized carbons (Fsp3) is 0.833. The Bertz CT molecular complexity index is 412. The summed E-state index contributed by atoms with van der Waals surface area (Å²) in [7, 11) is 0. The Balaban J connectivity index is 2.73. The van der Waals surface area contributed by atoms with Gasteiger partial charge in [-0.15, -0.1) is 0 Å². The second kappa shape index (κ2) is 7.14. The minimum absolute atomic E-state index is 0.128. The third-order valence-electron chi connectivity index (χ3n) is 4.41. The lowest BCUT2D eigenvalue weighted by atomic mass is 9.65. The normalized spacial score (nSPS) is 23.1. The Kier molecular flexibility index (Phi) is 6.22. The van der Waals surface area contributed by atoms with E-state index in [0.29, 0.717) is 26.1 Å². The summed E-state index contributed by atoms with van der Waals surface area (Å²) in [5.41, 5.74) is -0.758. The van der Waals surface area contributed by atoms with E-state index in [1.807, 2.05) is 20.8 Å². The molecule has 4 nitrogen and oxygen atoms in total. The minimum atomic E-state index is -1.09. The molecule has 0 aromatic rings. The van der Waals surface area contributed by atoms with Crippen LogP contribution in [0.4, 0.5) is 0 Å². The number of hydrogen-bond donors (Lipinski definition) is 1. The van der Waals surface area contributed by atoms with Crippen LogP contribution in [0.1, 0.15) is 67.2 Å². The van der Waals surface area contributed by atoms with E-state index >= 15 is 0 Å². The van der Waals surface area contributed by atoms with Gasteiger partial charge in [0.1, 0.15) is 0 Å². The number of esters is 1. The summed E-state index contributed by atoms with van der Waals surface area (Å²) in [5, 5.41) is 10.5. The van der Waals surface area contributed by atoms with Crippen molar-refractivity contribution in [1.82, 2.24) is 0 Å². The molecular weight excluding hydrogens is 280 g/mol. The number of carbonyl (C=O) groups is 1. The van der Waals surface area contributed by atoms with Gasteiger partial charge in [0.05, 0.1) is 29.8 Å². The highest BCUT2D eigenvalue weighted by Crippen LogP contribution is 2.45. The molecule has 1 aliphatic rings. The van der Waals surface area contributed by atoms with Crippen LogP contribution in [0.2, 0.25) is 0 Å². The van der Waals surface area contributed by atoms with E-state index in [-0.39, 0.29) is 11.6 Å². The number of allylic oxidation sites excluding steroid dienone is 1. The summed E-state index contributed by atoms with van der Waals surface area (Å²) in [6.07, 6.45) is 4.92. The van der Waals surface area contributed by atoms with Crippen LogP contribution in [0.25, 0.3) is 0 Å². The van der Waals surface area contributed by atoms with Gasteiger partial charge in [0.25, 0.3) is 0 Å². The Morgan fingerprint density at radius 1 is 1.32 bits per heavy atom. The molecule has 0 fully saturated rings. The quantitative estimate of drug-likeness (QED) is 0.601. The van der Waals surface area contributed by atoms with Crippen molar-refractivity contribution in [3.63, 3.8) is 0 Å². The molecule has 0 radical (unpaired) electrons. The SMILES string of the molecule is CCOC(=O)C1(C(C)(C)O)CC=C(CCOC(C)(C)C)CC1. The number of rotatable bonds is 6. The van der Waals surface area contributed by atoms with E-state index in [4.69, 9.17) is 9.47 Å². The van der Waals surface area contributed by atoms with Gasteiger partial charge in [-0.2, -0.15) is 0 Å². The maximum Gasteiger partial charge on any atom is 0.315 e. The number of hydrogen-bond acceptors (Lipinski definition) is 4. The van der Waals surface area contributed by atoms with E-state index in [1.165, 1.54) is 5.57 Å². The summed E-state index contributed by atoms with van der Waals surface area (Å²) in [6, 6.07) is 0. The van der Waals surface area contributed by atoms with Gasteiger partial charge in [-0.1, -0.05) is 11.6 Å². The van der Waals surface area contributed by atoms with E-state index in [2.05, 4.69) is 6.08 Å². The number of carbonyl (C=O) groups excluding carboxylic acids is 1. The fourth-order valence-electron chi connectivity index (χ4n) is 2.87. The molecule has 1 rings (SSSR count). The topological polar surface area (TPSA) is 55.8 Å². The molecule has 4 heteroatoms. The molecule has 0 aromatic carbocycles. The Hall–Kier alpha value is -0.870. The highest BCUT2D eigenvalue weighted by atomic mass is 16.5. The Morgan fingerprint density at radius 3 is 2.36 bits per heavy atom. The van der Waals surface area contributed by atoms with Gasteiger partial charge < -0.3 is 14.6 Å². The second-order valence-electron chi connectivity index (χ2n) is 7.64. The van der Waals surface area contributed by atoms with Gasteiger partial charge >= 0.3 is 5.97 Å². The zero-order valence-electron chi connectivity index (χ0n) is 15.0. The minimum Gasteiger partial charge on any atom is -0.465 e. The van der Waals surface area contributed by atoms with Gasteiger partial charge in [0.15, 0.2) is 0 Å². The predicted molar refractivity (Wildman–Crippen MR) is 87.6 cm³/mol. The van der Waals surface area contributed by atoms with Crippen molar-refractivity contribution in [2.45, 2.75) is 78.4 Å². The molecule has 0 aliphatic heterocycles. The maximum atomic E-state index is 12.4.